The van der Waals surface area contributed by atoms with Crippen molar-refractivity contribution in [3.8, 4) is 0 Å². The lowest BCUT2D eigenvalue weighted by Crippen LogP contribution is -2.12. The first-order chi connectivity index (χ1) is 4.81. The SMILES string of the molecule is NCCC(=O)OCCCO. The summed E-state index contributed by atoms with van der Waals surface area (Å²) in [7, 11) is 0. The molecule has 3 N–H and O–H groups in total. The predicted molar refractivity (Wildman–Crippen MR) is 36.3 cm³/mol. The van der Waals surface area contributed by atoms with Crippen LogP contribution in [-0.4, -0.2) is 30.8 Å². The predicted octanol–water partition coefficient (Wildman–Crippen LogP) is -0.739. The Balaban J connectivity index is 3.05. The van der Waals surface area contributed by atoms with E-state index in [-0.39, 0.29) is 25.6 Å². The molecule has 0 atom stereocenters. The Morgan fingerprint density at radius 2 is 2.30 bits per heavy atom. The van der Waals surface area contributed by atoms with Crippen LogP contribution in [0.25, 0.3) is 0 Å². The molecule has 0 saturated carbocycles. The molecule has 0 heterocycles. The van der Waals surface area contributed by atoms with E-state index < -0.39 is 0 Å². The van der Waals surface area contributed by atoms with Crippen LogP contribution in [0.2, 0.25) is 0 Å². The van der Waals surface area contributed by atoms with Crippen LogP contribution in [0.1, 0.15) is 12.8 Å². The topological polar surface area (TPSA) is 72.6 Å². The number of carbonyl (C=O) groups excluding carboxylic acids is 1. The quantitative estimate of drug-likeness (QED) is 0.397. The van der Waals surface area contributed by atoms with E-state index in [1.54, 1.807) is 0 Å². The summed E-state index contributed by atoms with van der Waals surface area (Å²) in [6, 6.07) is 0. The Morgan fingerprint density at radius 3 is 2.80 bits per heavy atom. The fourth-order valence-corrected chi connectivity index (χ4v) is 0.441. The van der Waals surface area contributed by atoms with Gasteiger partial charge in [-0.25, -0.2) is 0 Å². The highest BCUT2D eigenvalue weighted by atomic mass is 16.5. The zero-order valence-electron chi connectivity index (χ0n) is 5.88. The van der Waals surface area contributed by atoms with Crippen molar-refractivity contribution in [2.24, 2.45) is 5.73 Å². The summed E-state index contributed by atoms with van der Waals surface area (Å²) >= 11 is 0. The van der Waals surface area contributed by atoms with Gasteiger partial charge in [0.2, 0.25) is 0 Å². The summed E-state index contributed by atoms with van der Waals surface area (Å²) in [5.41, 5.74) is 5.08. The lowest BCUT2D eigenvalue weighted by Gasteiger charge is -2.00. The number of carbonyl (C=O) groups is 1. The third kappa shape index (κ3) is 5.53. The first-order valence-corrected chi connectivity index (χ1v) is 3.27. The van der Waals surface area contributed by atoms with Gasteiger partial charge in [0.05, 0.1) is 13.0 Å². The summed E-state index contributed by atoms with van der Waals surface area (Å²) in [6.45, 7) is 0.656. The molecular weight excluding hydrogens is 134 g/mol. The van der Waals surface area contributed by atoms with Gasteiger partial charge in [0.1, 0.15) is 0 Å². The third-order valence-corrected chi connectivity index (χ3v) is 0.914. The van der Waals surface area contributed by atoms with Crippen molar-refractivity contribution in [1.29, 1.82) is 0 Å². The van der Waals surface area contributed by atoms with Crippen molar-refractivity contribution >= 4 is 5.97 Å². The minimum atomic E-state index is -0.295. The minimum Gasteiger partial charge on any atom is -0.466 e. The molecule has 0 saturated heterocycles. The van der Waals surface area contributed by atoms with Crippen LogP contribution in [-0.2, 0) is 9.53 Å². The average molecular weight is 147 g/mol. The third-order valence-electron chi connectivity index (χ3n) is 0.914. The normalized spacial score (nSPS) is 9.40. The molecule has 10 heavy (non-hydrogen) atoms. The van der Waals surface area contributed by atoms with Gasteiger partial charge in [0.15, 0.2) is 0 Å². The Morgan fingerprint density at radius 1 is 1.60 bits per heavy atom. The van der Waals surface area contributed by atoms with Crippen molar-refractivity contribution in [3.63, 3.8) is 0 Å². The standard InChI is InChI=1S/C6H13NO3/c7-3-2-6(9)10-5-1-4-8/h8H,1-5,7H2. The molecule has 0 unspecified atom stereocenters. The van der Waals surface area contributed by atoms with Gasteiger partial charge in [-0.3, -0.25) is 4.79 Å². The lowest BCUT2D eigenvalue weighted by molar-refractivity contribution is -0.143. The average Bonchev–Trinajstić information content (AvgIpc) is 1.89. The van der Waals surface area contributed by atoms with Gasteiger partial charge in [-0.2, -0.15) is 0 Å². The van der Waals surface area contributed by atoms with Gasteiger partial charge in [-0.05, 0) is 0 Å². The number of hydrogen-bond acceptors (Lipinski definition) is 4. The maximum Gasteiger partial charge on any atom is 0.307 e. The van der Waals surface area contributed by atoms with E-state index in [1.807, 2.05) is 0 Å². The van der Waals surface area contributed by atoms with E-state index in [0.29, 0.717) is 13.0 Å². The van der Waals surface area contributed by atoms with Gasteiger partial charge in [0, 0.05) is 19.6 Å². The molecule has 0 fully saturated rings. The second kappa shape index (κ2) is 6.51. The first-order valence-electron chi connectivity index (χ1n) is 3.27. The summed E-state index contributed by atoms with van der Waals surface area (Å²) in [4.78, 5) is 10.5. The van der Waals surface area contributed by atoms with Crippen LogP contribution in [0.15, 0.2) is 0 Å². The Labute approximate surface area is 60.0 Å². The zero-order valence-corrected chi connectivity index (χ0v) is 5.88. The molecule has 60 valence electrons. The van der Waals surface area contributed by atoms with Gasteiger partial charge < -0.3 is 15.6 Å². The van der Waals surface area contributed by atoms with Crippen LogP contribution >= 0.6 is 0 Å². The van der Waals surface area contributed by atoms with Crippen LogP contribution in [0.3, 0.4) is 0 Å². The highest BCUT2D eigenvalue weighted by molar-refractivity contribution is 5.69. The number of esters is 1. The molecule has 0 amide bonds. The highest BCUT2D eigenvalue weighted by Crippen LogP contribution is 1.85. The molecule has 0 spiro atoms. The van der Waals surface area contributed by atoms with Gasteiger partial charge in [0.25, 0.3) is 0 Å². The number of nitrogens with two attached hydrogens (primary N) is 1. The summed E-state index contributed by atoms with van der Waals surface area (Å²) in [5, 5.41) is 8.29. The van der Waals surface area contributed by atoms with Gasteiger partial charge in [-0.15, -0.1) is 0 Å². The second-order valence-electron chi connectivity index (χ2n) is 1.84. The number of ether oxygens (including phenoxy) is 1. The monoisotopic (exact) mass is 147 g/mol. The van der Waals surface area contributed by atoms with Crippen molar-refractivity contribution in [2.75, 3.05) is 19.8 Å². The summed E-state index contributed by atoms with van der Waals surface area (Å²) < 4.78 is 4.64. The van der Waals surface area contributed by atoms with E-state index >= 15 is 0 Å². The summed E-state index contributed by atoms with van der Waals surface area (Å²) in [5.74, 6) is -0.295. The lowest BCUT2D eigenvalue weighted by atomic mass is 10.4. The molecule has 0 bridgehead atoms. The smallest absolute Gasteiger partial charge is 0.307 e. The van der Waals surface area contributed by atoms with Crippen LogP contribution < -0.4 is 5.73 Å². The second-order valence-corrected chi connectivity index (χ2v) is 1.84. The van der Waals surface area contributed by atoms with E-state index in [9.17, 15) is 4.79 Å². The van der Waals surface area contributed by atoms with E-state index in [2.05, 4.69) is 4.74 Å². The van der Waals surface area contributed by atoms with E-state index in [4.69, 9.17) is 10.8 Å². The van der Waals surface area contributed by atoms with E-state index in [1.165, 1.54) is 0 Å². The van der Waals surface area contributed by atoms with Crippen LogP contribution in [0, 0.1) is 0 Å². The number of aliphatic hydroxyl groups excluding tert-OH is 1. The van der Waals surface area contributed by atoms with Crippen LogP contribution in [0.4, 0.5) is 0 Å². The minimum absolute atomic E-state index is 0.0515. The molecule has 4 nitrogen and oxygen atoms in total. The maximum absolute atomic E-state index is 10.5. The fourth-order valence-electron chi connectivity index (χ4n) is 0.441. The van der Waals surface area contributed by atoms with Gasteiger partial charge in [-0.1, -0.05) is 0 Å². The molecule has 0 radical (unpaired) electrons. The molecule has 0 aromatic rings. The van der Waals surface area contributed by atoms with Crippen molar-refractivity contribution in [1.82, 2.24) is 0 Å². The molecule has 0 rings (SSSR count). The molecule has 0 aliphatic rings. The maximum atomic E-state index is 10.5. The van der Waals surface area contributed by atoms with Crippen molar-refractivity contribution in [2.45, 2.75) is 12.8 Å². The number of hydrogen-bond donors (Lipinski definition) is 2. The Bertz CT molecular complexity index is 95.0. The molecule has 0 aliphatic heterocycles. The first kappa shape index (κ1) is 9.39. The number of rotatable bonds is 5. The van der Waals surface area contributed by atoms with Crippen molar-refractivity contribution in [3.05, 3.63) is 0 Å². The van der Waals surface area contributed by atoms with E-state index in [0.717, 1.165) is 0 Å². The molecule has 0 aromatic carbocycles. The molecule has 0 aromatic heterocycles. The molecule has 4 heteroatoms. The Kier molecular flexibility index (Phi) is 6.11. The summed E-state index contributed by atoms with van der Waals surface area (Å²) in [6.07, 6.45) is 0.752. The number of aliphatic hydroxyl groups is 1. The van der Waals surface area contributed by atoms with Crippen molar-refractivity contribution < 1.29 is 14.6 Å². The van der Waals surface area contributed by atoms with Crippen LogP contribution in [0.5, 0.6) is 0 Å². The highest BCUT2D eigenvalue weighted by Gasteiger charge is 1.98. The molecular formula is C6H13NO3. The Hall–Kier alpha value is -0.610. The molecule has 0 aliphatic carbocycles. The largest absolute Gasteiger partial charge is 0.466 e. The zero-order chi connectivity index (χ0) is 7.82. The fraction of sp³-hybridized carbons (Fsp3) is 0.833. The van der Waals surface area contributed by atoms with Gasteiger partial charge >= 0.3 is 5.97 Å².